The summed E-state index contributed by atoms with van der Waals surface area (Å²) in [7, 11) is 0. The van der Waals surface area contributed by atoms with E-state index in [1.54, 1.807) is 11.8 Å². The van der Waals surface area contributed by atoms with Crippen molar-refractivity contribution >= 4 is 11.8 Å². The molecule has 2 aromatic rings. The molecule has 2 rings (SSSR count). The smallest absolute Gasteiger partial charge is 0.188 e. The van der Waals surface area contributed by atoms with Gasteiger partial charge in [-0.15, -0.1) is 5.10 Å². The molecule has 0 saturated carbocycles. The van der Waals surface area contributed by atoms with Gasteiger partial charge in [0.05, 0.1) is 5.69 Å². The molecule has 0 aliphatic rings. The van der Waals surface area contributed by atoms with E-state index in [0.717, 1.165) is 28.4 Å². The van der Waals surface area contributed by atoms with Crippen LogP contribution in [0.25, 0.3) is 5.69 Å². The lowest BCUT2D eigenvalue weighted by Gasteiger charge is -2.14. The molecule has 0 radical (unpaired) electrons. The first-order chi connectivity index (χ1) is 13.7. The number of aromatic nitrogens is 4. The number of benzene rings is 1. The number of nitrogens with zero attached hydrogens (tertiary/aromatic N) is 4. The van der Waals surface area contributed by atoms with Crippen molar-refractivity contribution in [2.24, 2.45) is 11.8 Å². The fraction of sp³-hybridized carbons (Fsp3) is 0.696. The lowest BCUT2D eigenvalue weighted by molar-refractivity contribution is 0.406. The van der Waals surface area contributed by atoms with Gasteiger partial charge in [-0.1, -0.05) is 109 Å². The van der Waals surface area contributed by atoms with Crippen LogP contribution in [0.2, 0.25) is 0 Å². The van der Waals surface area contributed by atoms with Crippen molar-refractivity contribution in [2.45, 2.75) is 90.1 Å². The fourth-order valence-electron chi connectivity index (χ4n) is 3.55. The number of tetrazole rings is 1. The predicted octanol–water partition coefficient (Wildman–Crippen LogP) is 6.95. The summed E-state index contributed by atoms with van der Waals surface area (Å²) in [6.45, 7) is 7.10. The van der Waals surface area contributed by atoms with E-state index in [1.165, 1.54) is 64.2 Å². The topological polar surface area (TPSA) is 43.6 Å². The first kappa shape index (κ1) is 22.9. The second-order valence-corrected chi connectivity index (χ2v) is 9.25. The van der Waals surface area contributed by atoms with E-state index in [0.29, 0.717) is 0 Å². The van der Waals surface area contributed by atoms with E-state index in [9.17, 15) is 0 Å². The second-order valence-electron chi connectivity index (χ2n) is 8.19. The third-order valence-corrected chi connectivity index (χ3v) is 6.43. The van der Waals surface area contributed by atoms with Crippen LogP contribution in [-0.2, 0) is 0 Å². The Balaban J connectivity index is 1.57. The van der Waals surface area contributed by atoms with Crippen LogP contribution in [0, 0.1) is 11.8 Å². The first-order valence-corrected chi connectivity index (χ1v) is 12.2. The zero-order chi connectivity index (χ0) is 20.0. The molecule has 1 aromatic heterocycles. The van der Waals surface area contributed by atoms with Crippen LogP contribution < -0.4 is 0 Å². The highest BCUT2D eigenvalue weighted by Gasteiger charge is 2.10. The molecule has 0 fully saturated rings. The largest absolute Gasteiger partial charge is 0.214 e. The van der Waals surface area contributed by atoms with Gasteiger partial charge in [0.15, 0.2) is 0 Å². The summed E-state index contributed by atoms with van der Waals surface area (Å²) >= 11 is 1.76. The average molecular weight is 403 g/mol. The third kappa shape index (κ3) is 8.76. The molecular weight excluding hydrogens is 364 g/mol. The van der Waals surface area contributed by atoms with Gasteiger partial charge in [-0.2, -0.15) is 4.68 Å². The second kappa shape index (κ2) is 13.8. The lowest BCUT2D eigenvalue weighted by atomic mass is 9.93. The van der Waals surface area contributed by atoms with Gasteiger partial charge in [0.2, 0.25) is 5.16 Å². The Morgan fingerprint density at radius 3 is 2.29 bits per heavy atom. The average Bonchev–Trinajstić information content (AvgIpc) is 3.17. The van der Waals surface area contributed by atoms with Crippen molar-refractivity contribution in [1.29, 1.82) is 0 Å². The number of unbranched alkanes of at least 4 members (excludes halogenated alkanes) is 4. The highest BCUT2D eigenvalue weighted by atomic mass is 32.2. The summed E-state index contributed by atoms with van der Waals surface area (Å²) in [6.07, 6.45) is 13.7. The predicted molar refractivity (Wildman–Crippen MR) is 120 cm³/mol. The normalized spacial score (nSPS) is 13.5. The molecule has 0 bridgehead atoms. The molecule has 0 spiro atoms. The molecular formula is C23H38N4S. The maximum Gasteiger partial charge on any atom is 0.214 e. The minimum absolute atomic E-state index is 0.769. The number of para-hydroxylation sites is 1. The number of thioether (sulfide) groups is 1. The lowest BCUT2D eigenvalue weighted by Crippen LogP contribution is -2.02. The molecule has 2 atom stereocenters. The number of hydrogen-bond donors (Lipinski definition) is 0. The van der Waals surface area contributed by atoms with Crippen LogP contribution >= 0.6 is 11.8 Å². The summed E-state index contributed by atoms with van der Waals surface area (Å²) in [5.41, 5.74) is 1.02. The Morgan fingerprint density at radius 1 is 0.857 bits per heavy atom. The van der Waals surface area contributed by atoms with Gasteiger partial charge < -0.3 is 0 Å². The van der Waals surface area contributed by atoms with Crippen LogP contribution in [0.1, 0.15) is 85.0 Å². The molecule has 0 saturated heterocycles. The van der Waals surface area contributed by atoms with Crippen LogP contribution in [0.3, 0.4) is 0 Å². The Morgan fingerprint density at radius 2 is 1.54 bits per heavy atom. The summed E-state index contributed by atoms with van der Waals surface area (Å²) in [5, 5.41) is 13.0. The Hall–Kier alpha value is -1.36. The molecule has 1 aromatic carbocycles. The van der Waals surface area contributed by atoms with Crippen LogP contribution in [0.15, 0.2) is 35.5 Å². The van der Waals surface area contributed by atoms with Gasteiger partial charge in [0.1, 0.15) is 0 Å². The van der Waals surface area contributed by atoms with E-state index in [2.05, 4.69) is 36.3 Å². The highest BCUT2D eigenvalue weighted by Crippen LogP contribution is 2.23. The van der Waals surface area contributed by atoms with Crippen molar-refractivity contribution in [3.05, 3.63) is 30.3 Å². The van der Waals surface area contributed by atoms with Crippen molar-refractivity contribution in [2.75, 3.05) is 5.75 Å². The summed E-state index contributed by atoms with van der Waals surface area (Å²) in [4.78, 5) is 0. The van der Waals surface area contributed by atoms with E-state index in [1.807, 2.05) is 35.0 Å². The van der Waals surface area contributed by atoms with Crippen molar-refractivity contribution in [1.82, 2.24) is 20.2 Å². The zero-order valence-electron chi connectivity index (χ0n) is 18.0. The zero-order valence-corrected chi connectivity index (χ0v) is 18.8. The molecule has 0 amide bonds. The minimum Gasteiger partial charge on any atom is -0.188 e. The van der Waals surface area contributed by atoms with Crippen molar-refractivity contribution in [3.8, 4) is 5.69 Å². The Labute approximate surface area is 175 Å². The first-order valence-electron chi connectivity index (χ1n) is 11.2. The van der Waals surface area contributed by atoms with Crippen molar-refractivity contribution < 1.29 is 0 Å². The van der Waals surface area contributed by atoms with Gasteiger partial charge in [-0.3, -0.25) is 0 Å². The molecule has 0 aliphatic heterocycles. The molecule has 5 heteroatoms. The van der Waals surface area contributed by atoms with E-state index < -0.39 is 0 Å². The summed E-state index contributed by atoms with van der Waals surface area (Å²) in [6, 6.07) is 10.1. The number of rotatable bonds is 15. The molecule has 0 N–H and O–H groups in total. The summed E-state index contributed by atoms with van der Waals surface area (Å²) < 4.78 is 1.83. The SMILES string of the molecule is CCCCCCC[C@H](C)CCC[C@H](C)CCSc1nnnn1-c1ccccc1. The minimum atomic E-state index is 0.769. The molecule has 4 nitrogen and oxygen atoms in total. The maximum absolute atomic E-state index is 4.19. The third-order valence-electron chi connectivity index (χ3n) is 5.48. The van der Waals surface area contributed by atoms with Crippen LogP contribution in [0.4, 0.5) is 0 Å². The van der Waals surface area contributed by atoms with Crippen LogP contribution in [0.5, 0.6) is 0 Å². The fourth-order valence-corrected chi connectivity index (χ4v) is 4.61. The Kier molecular flexibility index (Phi) is 11.3. The van der Waals surface area contributed by atoms with E-state index >= 15 is 0 Å². The molecule has 28 heavy (non-hydrogen) atoms. The van der Waals surface area contributed by atoms with Gasteiger partial charge in [-0.05, 0) is 40.8 Å². The van der Waals surface area contributed by atoms with Crippen LogP contribution in [-0.4, -0.2) is 26.0 Å². The van der Waals surface area contributed by atoms with Gasteiger partial charge in [0, 0.05) is 5.75 Å². The standard InChI is InChI=1S/C23H38N4S/c1-4-5-6-7-9-13-20(2)14-12-15-21(3)18-19-28-23-24-25-26-27(23)22-16-10-8-11-17-22/h8,10-11,16-17,20-21H,4-7,9,12-15,18-19H2,1-3H3/t20-,21-/m0/s1. The molecule has 156 valence electrons. The molecule has 1 heterocycles. The van der Waals surface area contributed by atoms with E-state index in [4.69, 9.17) is 0 Å². The monoisotopic (exact) mass is 402 g/mol. The maximum atomic E-state index is 4.19. The quantitative estimate of drug-likeness (QED) is 0.239. The Bertz CT molecular complexity index is 629. The van der Waals surface area contributed by atoms with Gasteiger partial charge in [0.25, 0.3) is 0 Å². The summed E-state index contributed by atoms with van der Waals surface area (Å²) in [5.74, 6) is 2.73. The molecule has 0 aliphatic carbocycles. The molecule has 0 unspecified atom stereocenters. The number of hydrogen-bond acceptors (Lipinski definition) is 4. The van der Waals surface area contributed by atoms with Gasteiger partial charge >= 0.3 is 0 Å². The van der Waals surface area contributed by atoms with Crippen molar-refractivity contribution in [3.63, 3.8) is 0 Å². The highest BCUT2D eigenvalue weighted by molar-refractivity contribution is 7.99. The van der Waals surface area contributed by atoms with E-state index in [-0.39, 0.29) is 0 Å². The van der Waals surface area contributed by atoms with Gasteiger partial charge in [-0.25, -0.2) is 0 Å².